The third-order valence-corrected chi connectivity index (χ3v) is 2.84. The zero-order valence-electron chi connectivity index (χ0n) is 11.0. The lowest BCUT2D eigenvalue weighted by Gasteiger charge is -2.12. The van der Waals surface area contributed by atoms with Gasteiger partial charge in [-0.1, -0.05) is 6.07 Å². The van der Waals surface area contributed by atoms with Gasteiger partial charge in [0, 0.05) is 17.4 Å². The summed E-state index contributed by atoms with van der Waals surface area (Å²) in [6, 6.07) is 6.38. The number of nitrogens with one attached hydrogen (secondary N) is 1. The molecule has 7 heteroatoms. The molecule has 2 rings (SSSR count). The van der Waals surface area contributed by atoms with E-state index in [-0.39, 0.29) is 22.6 Å². The molecule has 1 aromatic heterocycles. The van der Waals surface area contributed by atoms with Crippen molar-refractivity contribution in [3.63, 3.8) is 0 Å². The lowest BCUT2D eigenvalue weighted by Crippen LogP contribution is -2.14. The van der Waals surface area contributed by atoms with E-state index in [1.165, 1.54) is 37.4 Å². The Balaban J connectivity index is 2.26. The Morgan fingerprint density at radius 3 is 2.57 bits per heavy atom. The maximum absolute atomic E-state index is 12.8. The van der Waals surface area contributed by atoms with Gasteiger partial charge in [-0.15, -0.1) is 0 Å². The van der Waals surface area contributed by atoms with E-state index in [0.29, 0.717) is 0 Å². The number of hydrogen-bond donors (Lipinski definition) is 2. The first-order valence-corrected chi connectivity index (χ1v) is 5.98. The number of amides is 1. The van der Waals surface area contributed by atoms with Crippen LogP contribution >= 0.6 is 0 Å². The Bertz CT molecular complexity index is 683. The van der Waals surface area contributed by atoms with Gasteiger partial charge >= 0.3 is 6.18 Å². The van der Waals surface area contributed by atoms with E-state index in [9.17, 15) is 18.0 Å². The highest BCUT2D eigenvalue weighted by atomic mass is 19.4. The number of nitrogens with zero attached hydrogens (tertiary/aromatic N) is 1. The highest BCUT2D eigenvalue weighted by molar-refractivity contribution is 6.04. The SMILES string of the molecule is Cc1ccc(NC(=O)c2ccnc(N)c2)cc1C(F)(F)F. The van der Waals surface area contributed by atoms with Gasteiger partial charge in [-0.2, -0.15) is 13.2 Å². The molecular weight excluding hydrogens is 283 g/mol. The van der Waals surface area contributed by atoms with Crippen LogP contribution in [0.15, 0.2) is 36.5 Å². The summed E-state index contributed by atoms with van der Waals surface area (Å²) in [5.74, 6) is -0.399. The summed E-state index contributed by atoms with van der Waals surface area (Å²) >= 11 is 0. The Kier molecular flexibility index (Phi) is 3.84. The number of halogens is 3. The molecule has 0 fully saturated rings. The van der Waals surface area contributed by atoms with Gasteiger partial charge in [-0.25, -0.2) is 4.98 Å². The smallest absolute Gasteiger partial charge is 0.384 e. The minimum Gasteiger partial charge on any atom is -0.384 e. The second kappa shape index (κ2) is 5.43. The standard InChI is InChI=1S/C14H12F3N3O/c1-8-2-3-10(7-11(8)14(15,16)17)20-13(21)9-4-5-19-12(18)6-9/h2-7H,1H3,(H2,18,19)(H,20,21). The summed E-state index contributed by atoms with van der Waals surface area (Å²) in [5, 5.41) is 2.40. The van der Waals surface area contributed by atoms with E-state index in [1.54, 1.807) is 0 Å². The second-order valence-corrected chi connectivity index (χ2v) is 4.45. The molecule has 1 amide bonds. The van der Waals surface area contributed by atoms with E-state index < -0.39 is 17.6 Å². The van der Waals surface area contributed by atoms with Crippen molar-refractivity contribution in [2.45, 2.75) is 13.1 Å². The van der Waals surface area contributed by atoms with Crippen molar-refractivity contribution < 1.29 is 18.0 Å². The summed E-state index contributed by atoms with van der Waals surface area (Å²) in [7, 11) is 0. The average molecular weight is 295 g/mol. The summed E-state index contributed by atoms with van der Waals surface area (Å²) in [6.07, 6.45) is -3.12. The zero-order valence-corrected chi connectivity index (χ0v) is 11.0. The number of nitrogen functional groups attached to an aromatic ring is 1. The van der Waals surface area contributed by atoms with Crippen LogP contribution in [0.1, 0.15) is 21.5 Å². The molecule has 0 saturated carbocycles. The van der Waals surface area contributed by atoms with Crippen molar-refractivity contribution in [3.8, 4) is 0 Å². The first kappa shape index (κ1) is 14.8. The van der Waals surface area contributed by atoms with Crippen LogP contribution in [-0.4, -0.2) is 10.9 Å². The van der Waals surface area contributed by atoms with Gasteiger partial charge in [0.2, 0.25) is 0 Å². The van der Waals surface area contributed by atoms with Crippen molar-refractivity contribution in [1.82, 2.24) is 4.98 Å². The topological polar surface area (TPSA) is 68.0 Å². The Hall–Kier alpha value is -2.57. The number of carbonyl (C=O) groups excluding carboxylic acids is 1. The molecule has 21 heavy (non-hydrogen) atoms. The van der Waals surface area contributed by atoms with E-state index in [1.807, 2.05) is 0 Å². The van der Waals surface area contributed by atoms with Gasteiger partial charge in [-0.05, 0) is 36.8 Å². The molecule has 2 aromatic rings. The van der Waals surface area contributed by atoms with Gasteiger partial charge in [0.05, 0.1) is 5.56 Å². The minimum absolute atomic E-state index is 0.0632. The lowest BCUT2D eigenvalue weighted by molar-refractivity contribution is -0.138. The number of rotatable bonds is 2. The van der Waals surface area contributed by atoms with Crippen molar-refractivity contribution in [3.05, 3.63) is 53.2 Å². The van der Waals surface area contributed by atoms with E-state index in [0.717, 1.165) is 6.07 Å². The summed E-state index contributed by atoms with van der Waals surface area (Å²) in [5.41, 5.74) is 5.04. The normalized spacial score (nSPS) is 11.2. The molecule has 0 aliphatic rings. The second-order valence-electron chi connectivity index (χ2n) is 4.45. The fraction of sp³-hybridized carbons (Fsp3) is 0.143. The van der Waals surface area contributed by atoms with Gasteiger partial charge in [0.25, 0.3) is 5.91 Å². The number of anilines is 2. The average Bonchev–Trinajstić information content (AvgIpc) is 2.39. The summed E-state index contributed by atoms with van der Waals surface area (Å²) in [6.45, 7) is 1.36. The molecule has 0 bridgehead atoms. The highest BCUT2D eigenvalue weighted by Gasteiger charge is 2.32. The number of aromatic nitrogens is 1. The van der Waals surface area contributed by atoms with Crippen LogP contribution in [0.4, 0.5) is 24.7 Å². The molecule has 0 aliphatic carbocycles. The third kappa shape index (κ3) is 3.50. The van der Waals surface area contributed by atoms with E-state index >= 15 is 0 Å². The number of alkyl halides is 3. The first-order valence-electron chi connectivity index (χ1n) is 5.98. The molecule has 1 aromatic carbocycles. The fourth-order valence-corrected chi connectivity index (χ4v) is 1.80. The summed E-state index contributed by atoms with van der Waals surface area (Å²) in [4.78, 5) is 15.7. The molecule has 4 nitrogen and oxygen atoms in total. The maximum atomic E-state index is 12.8. The van der Waals surface area contributed by atoms with Crippen molar-refractivity contribution in [2.24, 2.45) is 0 Å². The van der Waals surface area contributed by atoms with Gasteiger partial charge in [0.15, 0.2) is 0 Å². The largest absolute Gasteiger partial charge is 0.416 e. The molecule has 0 atom stereocenters. The number of benzene rings is 1. The van der Waals surface area contributed by atoms with Crippen LogP contribution in [0.25, 0.3) is 0 Å². The molecule has 0 radical (unpaired) electrons. The molecule has 0 saturated heterocycles. The molecule has 1 heterocycles. The summed E-state index contributed by atoms with van der Waals surface area (Å²) < 4.78 is 38.4. The fourth-order valence-electron chi connectivity index (χ4n) is 1.80. The van der Waals surface area contributed by atoms with E-state index in [2.05, 4.69) is 10.3 Å². The van der Waals surface area contributed by atoms with Crippen molar-refractivity contribution >= 4 is 17.4 Å². The number of carbonyl (C=O) groups is 1. The number of pyridine rings is 1. The molecule has 0 aliphatic heterocycles. The molecule has 0 spiro atoms. The first-order chi connectivity index (χ1) is 9.77. The van der Waals surface area contributed by atoms with Crippen molar-refractivity contribution in [1.29, 1.82) is 0 Å². The highest BCUT2D eigenvalue weighted by Crippen LogP contribution is 2.33. The Morgan fingerprint density at radius 1 is 1.24 bits per heavy atom. The third-order valence-electron chi connectivity index (χ3n) is 2.84. The van der Waals surface area contributed by atoms with E-state index in [4.69, 9.17) is 5.73 Å². The van der Waals surface area contributed by atoms with Crippen LogP contribution in [0.2, 0.25) is 0 Å². The Labute approximate surface area is 118 Å². The van der Waals surface area contributed by atoms with Crippen LogP contribution in [0, 0.1) is 6.92 Å². The zero-order chi connectivity index (χ0) is 15.6. The number of aryl methyl sites for hydroxylation is 1. The monoisotopic (exact) mass is 295 g/mol. The predicted molar refractivity (Wildman–Crippen MR) is 72.8 cm³/mol. The van der Waals surface area contributed by atoms with Gasteiger partial charge in [-0.3, -0.25) is 4.79 Å². The van der Waals surface area contributed by atoms with Gasteiger partial charge in [0.1, 0.15) is 5.82 Å². The predicted octanol–water partition coefficient (Wildman–Crippen LogP) is 3.24. The van der Waals surface area contributed by atoms with Crippen LogP contribution in [0.5, 0.6) is 0 Å². The molecule has 3 N–H and O–H groups in total. The van der Waals surface area contributed by atoms with Crippen LogP contribution in [0.3, 0.4) is 0 Å². The van der Waals surface area contributed by atoms with Gasteiger partial charge < -0.3 is 11.1 Å². The molecule has 0 unspecified atom stereocenters. The minimum atomic E-state index is -4.47. The molecule has 110 valence electrons. The maximum Gasteiger partial charge on any atom is 0.416 e. The Morgan fingerprint density at radius 2 is 1.95 bits per heavy atom. The lowest BCUT2D eigenvalue weighted by atomic mass is 10.1. The van der Waals surface area contributed by atoms with Crippen molar-refractivity contribution in [2.75, 3.05) is 11.1 Å². The number of hydrogen-bond acceptors (Lipinski definition) is 3. The van der Waals surface area contributed by atoms with Crippen LogP contribution in [-0.2, 0) is 6.18 Å². The van der Waals surface area contributed by atoms with Crippen LogP contribution < -0.4 is 11.1 Å². The number of nitrogens with two attached hydrogens (primary N) is 1. The quantitative estimate of drug-likeness (QED) is 0.893. The molecular formula is C14H12F3N3O.